The van der Waals surface area contributed by atoms with Gasteiger partial charge in [0.05, 0.1) is 15.9 Å². The van der Waals surface area contributed by atoms with Gasteiger partial charge < -0.3 is 4.90 Å². The zero-order valence-corrected chi connectivity index (χ0v) is 20.8. The number of anilines is 1. The molecule has 0 bridgehead atoms. The number of para-hydroxylation sites is 2. The second kappa shape index (κ2) is 10.1. The lowest BCUT2D eigenvalue weighted by atomic mass is 10.1. The Kier molecular flexibility index (Phi) is 6.79. The van der Waals surface area contributed by atoms with Crippen LogP contribution in [-0.4, -0.2) is 48.9 Å². The van der Waals surface area contributed by atoms with Gasteiger partial charge >= 0.3 is 0 Å². The van der Waals surface area contributed by atoms with Crippen LogP contribution in [0, 0.1) is 0 Å². The van der Waals surface area contributed by atoms with Gasteiger partial charge in [0.2, 0.25) is 10.0 Å². The molecule has 3 aromatic carbocycles. The molecule has 0 atom stereocenters. The van der Waals surface area contributed by atoms with Crippen LogP contribution in [-0.2, 0) is 16.4 Å². The Balaban J connectivity index is 1.38. The van der Waals surface area contributed by atoms with Crippen molar-refractivity contribution in [3.8, 4) is 11.3 Å². The molecule has 1 aliphatic rings. The molecule has 2 heterocycles. The Bertz CT molecular complexity index is 1400. The maximum atomic E-state index is 13.3. The van der Waals surface area contributed by atoms with E-state index in [9.17, 15) is 8.42 Å². The summed E-state index contributed by atoms with van der Waals surface area (Å²) < 4.78 is 28.2. The van der Waals surface area contributed by atoms with Crippen molar-refractivity contribution in [2.24, 2.45) is 0 Å². The Hall–Kier alpha value is -3.29. The quantitative estimate of drug-likeness (QED) is 0.361. The molecule has 1 aliphatic heterocycles. The van der Waals surface area contributed by atoms with Gasteiger partial charge in [-0.3, -0.25) is 0 Å². The Morgan fingerprint density at radius 2 is 1.40 bits per heavy atom. The molecular formula is C28H30N4O2S. The van der Waals surface area contributed by atoms with Gasteiger partial charge in [0.25, 0.3) is 0 Å². The van der Waals surface area contributed by atoms with Crippen LogP contribution in [0.1, 0.15) is 25.3 Å². The molecule has 0 unspecified atom stereocenters. The molecule has 0 N–H and O–H groups in total. The van der Waals surface area contributed by atoms with Crippen LogP contribution in [0.25, 0.3) is 22.3 Å². The summed E-state index contributed by atoms with van der Waals surface area (Å²) in [6.45, 7) is 4.08. The van der Waals surface area contributed by atoms with Crippen LogP contribution in [0.15, 0.2) is 83.8 Å². The van der Waals surface area contributed by atoms with Gasteiger partial charge in [0.15, 0.2) is 5.82 Å². The SMILES string of the molecule is CCCCc1ccc(S(=O)(=O)N2CCN(c3nc4ccccc4nc3-c3ccccc3)CC2)cc1. The highest BCUT2D eigenvalue weighted by Gasteiger charge is 2.30. The zero-order valence-electron chi connectivity index (χ0n) is 20.0. The number of unbranched alkanes of at least 4 members (excludes halogenated alkanes) is 1. The summed E-state index contributed by atoms with van der Waals surface area (Å²) in [5, 5.41) is 0. The van der Waals surface area contributed by atoms with Crippen molar-refractivity contribution >= 4 is 26.9 Å². The monoisotopic (exact) mass is 486 g/mol. The maximum absolute atomic E-state index is 13.3. The van der Waals surface area contributed by atoms with Crippen molar-refractivity contribution < 1.29 is 8.42 Å². The van der Waals surface area contributed by atoms with E-state index in [1.807, 2.05) is 66.7 Å². The number of aromatic nitrogens is 2. The molecule has 1 aromatic heterocycles. The molecule has 0 amide bonds. The van der Waals surface area contributed by atoms with Crippen molar-refractivity contribution in [2.45, 2.75) is 31.1 Å². The normalized spacial score (nSPS) is 14.9. The lowest BCUT2D eigenvalue weighted by Gasteiger charge is -2.35. The van der Waals surface area contributed by atoms with Crippen LogP contribution >= 0.6 is 0 Å². The second-order valence-corrected chi connectivity index (χ2v) is 10.8. The highest BCUT2D eigenvalue weighted by Crippen LogP contribution is 2.31. The number of hydrogen-bond donors (Lipinski definition) is 0. The maximum Gasteiger partial charge on any atom is 0.243 e. The van der Waals surface area contributed by atoms with Crippen molar-refractivity contribution in [1.29, 1.82) is 0 Å². The molecule has 4 aromatic rings. The third-order valence-electron chi connectivity index (χ3n) is 6.52. The van der Waals surface area contributed by atoms with E-state index in [1.54, 1.807) is 16.4 Å². The first-order chi connectivity index (χ1) is 17.1. The minimum Gasteiger partial charge on any atom is -0.352 e. The number of nitrogens with zero attached hydrogens (tertiary/aromatic N) is 4. The summed E-state index contributed by atoms with van der Waals surface area (Å²) in [5.74, 6) is 0.798. The average Bonchev–Trinajstić information content (AvgIpc) is 2.92. The number of rotatable bonds is 7. The fraction of sp³-hybridized carbons (Fsp3) is 0.286. The van der Waals surface area contributed by atoms with Crippen molar-refractivity contribution in [1.82, 2.24) is 14.3 Å². The van der Waals surface area contributed by atoms with E-state index in [1.165, 1.54) is 5.56 Å². The summed E-state index contributed by atoms with van der Waals surface area (Å²) in [4.78, 5) is 12.4. The molecule has 35 heavy (non-hydrogen) atoms. The molecule has 1 fully saturated rings. The van der Waals surface area contributed by atoms with Crippen LogP contribution < -0.4 is 4.90 Å². The molecule has 0 saturated carbocycles. The van der Waals surface area contributed by atoms with Crippen molar-refractivity contribution in [3.05, 3.63) is 84.4 Å². The Morgan fingerprint density at radius 1 is 0.771 bits per heavy atom. The topological polar surface area (TPSA) is 66.4 Å². The minimum atomic E-state index is -3.53. The number of benzene rings is 3. The van der Waals surface area contributed by atoms with Gasteiger partial charge in [-0.15, -0.1) is 0 Å². The van der Waals surface area contributed by atoms with Gasteiger partial charge in [0, 0.05) is 31.7 Å². The summed E-state index contributed by atoms with van der Waals surface area (Å²) in [6, 6.07) is 25.3. The van der Waals surface area contributed by atoms with Crippen LogP contribution in [0.3, 0.4) is 0 Å². The van der Waals surface area contributed by atoms with E-state index in [4.69, 9.17) is 9.97 Å². The predicted octanol–water partition coefficient (Wildman–Crippen LogP) is 5.15. The van der Waals surface area contributed by atoms with E-state index >= 15 is 0 Å². The summed E-state index contributed by atoms with van der Waals surface area (Å²) >= 11 is 0. The van der Waals surface area contributed by atoms with E-state index in [0.29, 0.717) is 31.1 Å². The average molecular weight is 487 g/mol. The first-order valence-corrected chi connectivity index (χ1v) is 13.7. The fourth-order valence-electron chi connectivity index (χ4n) is 4.50. The smallest absolute Gasteiger partial charge is 0.243 e. The van der Waals surface area contributed by atoms with Crippen LogP contribution in [0.4, 0.5) is 5.82 Å². The highest BCUT2D eigenvalue weighted by molar-refractivity contribution is 7.89. The van der Waals surface area contributed by atoms with Gasteiger partial charge in [-0.05, 0) is 42.7 Å². The minimum absolute atomic E-state index is 0.363. The number of aryl methyl sites for hydroxylation is 1. The Morgan fingerprint density at radius 3 is 2.06 bits per heavy atom. The van der Waals surface area contributed by atoms with E-state index in [0.717, 1.165) is 47.4 Å². The van der Waals surface area contributed by atoms with Gasteiger partial charge in [-0.2, -0.15) is 4.31 Å². The molecule has 5 rings (SSSR count). The summed E-state index contributed by atoms with van der Waals surface area (Å²) in [6.07, 6.45) is 3.21. The molecule has 0 aliphatic carbocycles. The third-order valence-corrected chi connectivity index (χ3v) is 8.43. The molecule has 180 valence electrons. The molecule has 1 saturated heterocycles. The summed E-state index contributed by atoms with van der Waals surface area (Å²) in [5.41, 5.74) is 4.68. The lowest BCUT2D eigenvalue weighted by Crippen LogP contribution is -2.49. The predicted molar refractivity (Wildman–Crippen MR) is 141 cm³/mol. The van der Waals surface area contributed by atoms with Crippen LogP contribution in [0.2, 0.25) is 0 Å². The first-order valence-electron chi connectivity index (χ1n) is 12.2. The van der Waals surface area contributed by atoms with Gasteiger partial charge in [-0.1, -0.05) is 67.9 Å². The largest absolute Gasteiger partial charge is 0.352 e. The lowest BCUT2D eigenvalue weighted by molar-refractivity contribution is 0.384. The number of fused-ring (bicyclic) bond motifs is 1. The first kappa shape index (κ1) is 23.5. The molecule has 6 nitrogen and oxygen atoms in total. The number of piperazine rings is 1. The van der Waals surface area contributed by atoms with E-state index < -0.39 is 10.0 Å². The van der Waals surface area contributed by atoms with Crippen LogP contribution in [0.5, 0.6) is 0 Å². The Labute approximate surface area is 207 Å². The van der Waals surface area contributed by atoms with Gasteiger partial charge in [-0.25, -0.2) is 18.4 Å². The van der Waals surface area contributed by atoms with E-state index in [-0.39, 0.29) is 0 Å². The van der Waals surface area contributed by atoms with Crippen molar-refractivity contribution in [3.63, 3.8) is 0 Å². The number of sulfonamides is 1. The zero-order chi connectivity index (χ0) is 24.3. The fourth-order valence-corrected chi connectivity index (χ4v) is 5.92. The molecule has 0 spiro atoms. The van der Waals surface area contributed by atoms with E-state index in [2.05, 4.69) is 11.8 Å². The third kappa shape index (κ3) is 4.92. The standard InChI is InChI=1S/C28H30N4O2S/c1-2-3-9-22-14-16-24(17-15-22)35(33,34)32-20-18-31(19-21-32)28-27(23-10-5-4-6-11-23)29-25-12-7-8-13-26(25)30-28/h4-8,10-17H,2-3,9,18-21H2,1H3. The second-order valence-electron chi connectivity index (χ2n) is 8.89. The van der Waals surface area contributed by atoms with Gasteiger partial charge in [0.1, 0.15) is 5.69 Å². The molecular weight excluding hydrogens is 456 g/mol. The molecule has 7 heteroatoms. The summed E-state index contributed by atoms with van der Waals surface area (Å²) in [7, 11) is -3.53. The molecule has 0 radical (unpaired) electrons. The highest BCUT2D eigenvalue weighted by atomic mass is 32.2. The number of hydrogen-bond acceptors (Lipinski definition) is 5. The van der Waals surface area contributed by atoms with Crippen molar-refractivity contribution in [2.75, 3.05) is 31.1 Å².